The van der Waals surface area contributed by atoms with E-state index in [1.807, 2.05) is 0 Å². The van der Waals surface area contributed by atoms with Crippen molar-refractivity contribution < 1.29 is 24.0 Å². The number of amides is 3. The molecule has 10 nitrogen and oxygen atoms in total. The molecular weight excluding hydrogens is 318 g/mol. The number of hydrogen-bond donors (Lipinski definition) is 3. The first-order valence-electron chi connectivity index (χ1n) is 7.34. The van der Waals surface area contributed by atoms with E-state index in [2.05, 4.69) is 15.3 Å². The van der Waals surface area contributed by atoms with E-state index in [4.69, 9.17) is 10.6 Å². The maximum atomic E-state index is 12.1. The highest BCUT2D eigenvalue weighted by molar-refractivity contribution is 6.02. The molecular formula is C14H19N5O5. The predicted molar refractivity (Wildman–Crippen MR) is 79.7 cm³/mol. The summed E-state index contributed by atoms with van der Waals surface area (Å²) >= 11 is 0. The van der Waals surface area contributed by atoms with Crippen LogP contribution in [0.2, 0.25) is 0 Å². The Morgan fingerprint density at radius 1 is 1.42 bits per heavy atom. The fraction of sp³-hybridized carbons (Fsp3) is 0.500. The zero-order valence-electron chi connectivity index (χ0n) is 13.4. The van der Waals surface area contributed by atoms with Crippen LogP contribution in [0.3, 0.4) is 0 Å². The molecule has 2 heterocycles. The largest absolute Gasteiger partial charge is 0.357 e. The van der Waals surface area contributed by atoms with Gasteiger partial charge in [0.1, 0.15) is 5.54 Å². The van der Waals surface area contributed by atoms with Gasteiger partial charge in [0.2, 0.25) is 5.91 Å². The van der Waals surface area contributed by atoms with Crippen molar-refractivity contribution in [1.82, 2.24) is 20.3 Å². The van der Waals surface area contributed by atoms with Gasteiger partial charge in [-0.2, -0.15) is 0 Å². The highest BCUT2D eigenvalue weighted by Crippen LogP contribution is 2.15. The molecule has 0 radical (unpaired) electrons. The monoisotopic (exact) mass is 337 g/mol. The lowest BCUT2D eigenvalue weighted by Crippen LogP contribution is -2.56. The van der Waals surface area contributed by atoms with Gasteiger partial charge in [0.15, 0.2) is 0 Å². The van der Waals surface area contributed by atoms with Crippen LogP contribution in [0.5, 0.6) is 0 Å². The maximum absolute atomic E-state index is 12.1. The van der Waals surface area contributed by atoms with Crippen molar-refractivity contribution in [3.05, 3.63) is 18.2 Å². The molecule has 0 spiro atoms. The van der Waals surface area contributed by atoms with Gasteiger partial charge >= 0.3 is 5.97 Å². The van der Waals surface area contributed by atoms with Crippen molar-refractivity contribution in [2.45, 2.75) is 44.7 Å². The van der Waals surface area contributed by atoms with Crippen molar-refractivity contribution in [1.29, 1.82) is 0 Å². The Balaban J connectivity index is 1.93. The van der Waals surface area contributed by atoms with Crippen molar-refractivity contribution in [3.63, 3.8) is 0 Å². The Hall–Kier alpha value is -2.75. The van der Waals surface area contributed by atoms with Gasteiger partial charge in [0.05, 0.1) is 18.1 Å². The Kier molecular flexibility index (Phi) is 4.98. The predicted octanol–water partition coefficient (Wildman–Crippen LogP) is -1.22. The average Bonchev–Trinajstić information content (AvgIpc) is 3.11. The number of carbonyl (C=O) groups excluding carboxylic acids is 4. The number of hydroxylamine groups is 2. The first kappa shape index (κ1) is 17.6. The molecule has 0 aromatic carbocycles. The highest BCUT2D eigenvalue weighted by atomic mass is 16.7. The van der Waals surface area contributed by atoms with Gasteiger partial charge in [-0.15, -0.1) is 5.06 Å². The second-order valence-electron chi connectivity index (χ2n) is 5.95. The number of imide groups is 1. The molecule has 0 unspecified atom stereocenters. The third kappa shape index (κ3) is 3.96. The molecule has 10 heteroatoms. The van der Waals surface area contributed by atoms with Crippen molar-refractivity contribution >= 4 is 23.7 Å². The Morgan fingerprint density at radius 3 is 2.58 bits per heavy atom. The number of imidazole rings is 1. The van der Waals surface area contributed by atoms with E-state index in [9.17, 15) is 19.2 Å². The SMILES string of the molecule is CC(C)(NC(=O)[C@@H](N)Cc1c[nH]cn1)C(=O)ON1C(=O)CCC1=O. The van der Waals surface area contributed by atoms with Crippen LogP contribution in [0.15, 0.2) is 12.5 Å². The van der Waals surface area contributed by atoms with E-state index in [1.165, 1.54) is 20.2 Å². The molecule has 0 saturated carbocycles. The molecule has 4 N–H and O–H groups in total. The zero-order valence-corrected chi connectivity index (χ0v) is 13.4. The van der Waals surface area contributed by atoms with Crippen molar-refractivity contribution in [2.75, 3.05) is 0 Å². The summed E-state index contributed by atoms with van der Waals surface area (Å²) in [5.41, 5.74) is 4.92. The summed E-state index contributed by atoms with van der Waals surface area (Å²) in [6, 6.07) is -0.921. The number of nitrogens with two attached hydrogens (primary N) is 1. The third-order valence-corrected chi connectivity index (χ3v) is 3.45. The van der Waals surface area contributed by atoms with Gasteiger partial charge in [-0.3, -0.25) is 14.4 Å². The Bertz CT molecular complexity index is 639. The molecule has 24 heavy (non-hydrogen) atoms. The Labute approximate surface area is 137 Å². The minimum absolute atomic E-state index is 0.00651. The highest BCUT2D eigenvalue weighted by Gasteiger charge is 2.39. The molecule has 0 aliphatic carbocycles. The van der Waals surface area contributed by atoms with Crippen LogP contribution < -0.4 is 11.1 Å². The second kappa shape index (κ2) is 6.79. The first-order chi connectivity index (χ1) is 11.2. The molecule has 1 fully saturated rings. The lowest BCUT2D eigenvalue weighted by atomic mass is 10.0. The molecule has 1 aliphatic heterocycles. The molecule has 130 valence electrons. The number of aromatic amines is 1. The summed E-state index contributed by atoms with van der Waals surface area (Å²) < 4.78 is 0. The van der Waals surface area contributed by atoms with Gasteiger partial charge in [-0.1, -0.05) is 0 Å². The fourth-order valence-electron chi connectivity index (χ4n) is 2.03. The van der Waals surface area contributed by atoms with Gasteiger partial charge in [-0.05, 0) is 13.8 Å². The number of aromatic nitrogens is 2. The summed E-state index contributed by atoms with van der Waals surface area (Å²) in [6.07, 6.45) is 3.24. The van der Waals surface area contributed by atoms with Crippen LogP contribution in [-0.2, 0) is 30.4 Å². The maximum Gasteiger partial charge on any atom is 0.357 e. The number of hydrogen-bond acceptors (Lipinski definition) is 7. The molecule has 1 aromatic rings. The molecule has 1 aliphatic rings. The smallest absolute Gasteiger partial charge is 0.351 e. The van der Waals surface area contributed by atoms with Gasteiger partial charge < -0.3 is 20.9 Å². The van der Waals surface area contributed by atoms with Crippen LogP contribution in [0.4, 0.5) is 0 Å². The van der Waals surface area contributed by atoms with E-state index in [1.54, 1.807) is 6.20 Å². The minimum Gasteiger partial charge on any atom is -0.351 e. The number of nitrogens with one attached hydrogen (secondary N) is 2. The quantitative estimate of drug-likeness (QED) is 0.551. The van der Waals surface area contributed by atoms with E-state index in [-0.39, 0.29) is 19.3 Å². The van der Waals surface area contributed by atoms with Crippen molar-refractivity contribution in [2.24, 2.45) is 5.73 Å². The number of carbonyl (C=O) groups is 4. The number of H-pyrrole nitrogens is 1. The Morgan fingerprint density at radius 2 is 2.04 bits per heavy atom. The zero-order chi connectivity index (χ0) is 17.9. The second-order valence-corrected chi connectivity index (χ2v) is 5.95. The number of rotatable bonds is 6. The standard InChI is InChI=1S/C14H19N5O5/c1-14(2,13(23)24-19-10(20)3-4-11(19)21)18-12(22)9(15)5-8-6-16-7-17-8/h6-7,9H,3-5,15H2,1-2H3,(H,16,17)(H,18,22)/t9-/m0/s1. The van der Waals surface area contributed by atoms with Crippen LogP contribution in [0.1, 0.15) is 32.4 Å². The van der Waals surface area contributed by atoms with E-state index in [0.717, 1.165) is 0 Å². The van der Waals surface area contributed by atoms with Crippen LogP contribution in [0, 0.1) is 0 Å². The summed E-state index contributed by atoms with van der Waals surface area (Å²) in [4.78, 5) is 58.7. The summed E-state index contributed by atoms with van der Waals surface area (Å²) in [5.74, 6) is -2.71. The van der Waals surface area contributed by atoms with E-state index in [0.29, 0.717) is 10.8 Å². The van der Waals surface area contributed by atoms with Crippen LogP contribution in [-0.4, -0.2) is 50.3 Å². The summed E-state index contributed by atoms with van der Waals surface area (Å²) in [7, 11) is 0. The molecule has 1 aromatic heterocycles. The fourth-order valence-corrected chi connectivity index (χ4v) is 2.03. The molecule has 1 atom stereocenters. The molecule has 2 rings (SSSR count). The third-order valence-electron chi connectivity index (χ3n) is 3.45. The average molecular weight is 337 g/mol. The number of nitrogens with zero attached hydrogens (tertiary/aromatic N) is 2. The summed E-state index contributed by atoms with van der Waals surface area (Å²) in [5, 5.41) is 2.88. The van der Waals surface area contributed by atoms with E-state index < -0.39 is 35.3 Å². The van der Waals surface area contributed by atoms with Gasteiger partial charge in [0, 0.05) is 25.5 Å². The lowest BCUT2D eigenvalue weighted by molar-refractivity contribution is -0.201. The first-order valence-corrected chi connectivity index (χ1v) is 7.34. The molecule has 3 amide bonds. The topological polar surface area (TPSA) is 147 Å². The normalized spacial score (nSPS) is 16.2. The minimum atomic E-state index is -1.47. The van der Waals surface area contributed by atoms with Gasteiger partial charge in [0.25, 0.3) is 11.8 Å². The summed E-state index contributed by atoms with van der Waals surface area (Å²) in [6.45, 7) is 2.78. The molecule has 0 bridgehead atoms. The van der Waals surface area contributed by atoms with Gasteiger partial charge in [-0.25, -0.2) is 9.78 Å². The van der Waals surface area contributed by atoms with Crippen LogP contribution in [0.25, 0.3) is 0 Å². The van der Waals surface area contributed by atoms with E-state index >= 15 is 0 Å². The van der Waals surface area contributed by atoms with Crippen LogP contribution >= 0.6 is 0 Å². The molecule has 1 saturated heterocycles. The van der Waals surface area contributed by atoms with Crippen molar-refractivity contribution in [3.8, 4) is 0 Å². The lowest BCUT2D eigenvalue weighted by Gasteiger charge is -2.26.